The smallest absolute Gasteiger partial charge is 0.223 e. The molecule has 0 saturated heterocycles. The average molecular weight is 381 g/mol. The van der Waals surface area contributed by atoms with E-state index in [-0.39, 0.29) is 12.4 Å². The number of nitrogens with zero attached hydrogens (tertiary/aromatic N) is 1. The van der Waals surface area contributed by atoms with Crippen LogP contribution in [-0.2, 0) is 17.8 Å². The van der Waals surface area contributed by atoms with Gasteiger partial charge in [0.05, 0.1) is 6.61 Å². The Morgan fingerprint density at radius 1 is 1.15 bits per heavy atom. The summed E-state index contributed by atoms with van der Waals surface area (Å²) in [6.45, 7) is 2.29. The molecule has 1 fully saturated rings. The highest BCUT2D eigenvalue weighted by Gasteiger charge is 2.26. The molecule has 146 valence electrons. The van der Waals surface area contributed by atoms with Crippen LogP contribution in [0.1, 0.15) is 68.9 Å². The lowest BCUT2D eigenvalue weighted by Crippen LogP contribution is -2.38. The van der Waals surface area contributed by atoms with Crippen molar-refractivity contribution in [1.29, 1.82) is 0 Å². The van der Waals surface area contributed by atoms with Crippen LogP contribution in [0.15, 0.2) is 18.2 Å². The highest BCUT2D eigenvalue weighted by Crippen LogP contribution is 2.29. The Hall–Kier alpha value is -1.26. The second kappa shape index (κ2) is 10.8. The van der Waals surface area contributed by atoms with Gasteiger partial charge in [0.15, 0.2) is 0 Å². The predicted molar refractivity (Wildman–Crippen MR) is 108 cm³/mol. The molecule has 1 aliphatic carbocycles. The Bertz CT molecular complexity index is 573. The second-order valence-electron chi connectivity index (χ2n) is 7.45. The molecule has 1 aromatic carbocycles. The molecule has 5 heteroatoms. The lowest BCUT2D eigenvalue weighted by Gasteiger charge is -2.29. The molecule has 0 radical (unpaired) electrons. The Kier molecular flexibility index (Phi) is 8.73. The topological polar surface area (TPSA) is 55.6 Å². The van der Waals surface area contributed by atoms with Crippen molar-refractivity contribution in [1.82, 2.24) is 4.90 Å². The second-order valence-corrected chi connectivity index (χ2v) is 7.45. The van der Waals surface area contributed by atoms with Crippen LogP contribution in [0.2, 0.25) is 0 Å². The number of benzene rings is 1. The highest BCUT2D eigenvalue weighted by molar-refractivity contribution is 5.85. The maximum Gasteiger partial charge on any atom is 0.223 e. The molecule has 0 aromatic heterocycles. The van der Waals surface area contributed by atoms with E-state index in [1.54, 1.807) is 0 Å². The molecule has 1 saturated carbocycles. The lowest BCUT2D eigenvalue weighted by atomic mass is 10.1. The van der Waals surface area contributed by atoms with E-state index in [2.05, 4.69) is 23.1 Å². The molecule has 0 unspecified atom stereocenters. The summed E-state index contributed by atoms with van der Waals surface area (Å²) in [4.78, 5) is 15.0. The highest BCUT2D eigenvalue weighted by atomic mass is 35.5. The Balaban J connectivity index is 0.00000243. The molecule has 0 atom stereocenters. The van der Waals surface area contributed by atoms with Crippen LogP contribution in [0.3, 0.4) is 0 Å². The number of nitrogens with two attached hydrogens (primary N) is 1. The first-order chi connectivity index (χ1) is 12.3. The van der Waals surface area contributed by atoms with Crippen molar-refractivity contribution in [3.63, 3.8) is 0 Å². The zero-order valence-electron chi connectivity index (χ0n) is 15.8. The van der Waals surface area contributed by atoms with Crippen molar-refractivity contribution in [2.45, 2.75) is 76.8 Å². The van der Waals surface area contributed by atoms with Gasteiger partial charge in [0.25, 0.3) is 0 Å². The fraction of sp³-hybridized carbons (Fsp3) is 0.667. The van der Waals surface area contributed by atoms with Crippen LogP contribution in [0.25, 0.3) is 0 Å². The van der Waals surface area contributed by atoms with Crippen molar-refractivity contribution < 1.29 is 9.53 Å². The Labute approximate surface area is 163 Å². The van der Waals surface area contributed by atoms with Crippen molar-refractivity contribution in [2.75, 3.05) is 13.2 Å². The monoisotopic (exact) mass is 380 g/mol. The van der Waals surface area contributed by atoms with Gasteiger partial charge in [-0.25, -0.2) is 0 Å². The molecular formula is C21H33ClN2O2. The molecule has 1 aromatic rings. The third-order valence-electron chi connectivity index (χ3n) is 5.54. The van der Waals surface area contributed by atoms with Gasteiger partial charge in [0.1, 0.15) is 5.75 Å². The van der Waals surface area contributed by atoms with E-state index >= 15 is 0 Å². The van der Waals surface area contributed by atoms with Crippen LogP contribution in [-0.4, -0.2) is 30.0 Å². The molecule has 4 nitrogen and oxygen atoms in total. The van der Waals surface area contributed by atoms with Gasteiger partial charge in [0, 0.05) is 25.4 Å². The van der Waals surface area contributed by atoms with Gasteiger partial charge in [-0.15, -0.1) is 12.4 Å². The summed E-state index contributed by atoms with van der Waals surface area (Å²) in [5.74, 6) is 1.35. The Morgan fingerprint density at radius 3 is 2.69 bits per heavy atom. The molecular weight excluding hydrogens is 348 g/mol. The zero-order chi connectivity index (χ0) is 17.5. The largest absolute Gasteiger partial charge is 0.493 e. The number of rotatable bonds is 9. The van der Waals surface area contributed by atoms with Crippen LogP contribution in [0.4, 0.5) is 0 Å². The van der Waals surface area contributed by atoms with E-state index < -0.39 is 0 Å². The van der Waals surface area contributed by atoms with Crippen LogP contribution in [0.5, 0.6) is 5.75 Å². The van der Waals surface area contributed by atoms with Crippen molar-refractivity contribution in [2.24, 2.45) is 5.73 Å². The van der Waals surface area contributed by atoms with Gasteiger partial charge in [-0.2, -0.15) is 0 Å². The summed E-state index contributed by atoms with van der Waals surface area (Å²) < 4.78 is 5.60. The van der Waals surface area contributed by atoms with Gasteiger partial charge < -0.3 is 15.4 Å². The summed E-state index contributed by atoms with van der Waals surface area (Å²) in [5, 5.41) is 0. The number of carbonyl (C=O) groups excluding carboxylic acids is 1. The molecule has 1 heterocycles. The molecule has 0 spiro atoms. The van der Waals surface area contributed by atoms with Crippen LogP contribution in [0, 0.1) is 0 Å². The summed E-state index contributed by atoms with van der Waals surface area (Å²) >= 11 is 0. The summed E-state index contributed by atoms with van der Waals surface area (Å²) in [6.07, 6.45) is 10.8. The number of halogens is 1. The lowest BCUT2D eigenvalue weighted by molar-refractivity contribution is -0.134. The fourth-order valence-electron chi connectivity index (χ4n) is 4.09. The summed E-state index contributed by atoms with van der Waals surface area (Å²) in [7, 11) is 0. The Morgan fingerprint density at radius 2 is 1.92 bits per heavy atom. The number of ether oxygens (including phenoxy) is 1. The standard InChI is InChI=1S/C21H32N2O2.ClH/c22-13-6-2-1-3-9-21(24)23(19-7-4-5-8-19)16-17-10-11-20-18(15-17)12-14-25-20;/h10-11,15,19H,1-9,12-14,16,22H2;1H. The minimum atomic E-state index is 0. The minimum Gasteiger partial charge on any atom is -0.493 e. The molecule has 2 N–H and O–H groups in total. The maximum atomic E-state index is 12.9. The maximum absolute atomic E-state index is 12.9. The van der Waals surface area contributed by atoms with E-state index in [1.165, 1.54) is 24.0 Å². The first-order valence-electron chi connectivity index (χ1n) is 10.0. The molecule has 1 aliphatic heterocycles. The van der Waals surface area contributed by atoms with Gasteiger partial charge in [0.2, 0.25) is 5.91 Å². The molecule has 0 bridgehead atoms. The van der Waals surface area contributed by atoms with Crippen LogP contribution < -0.4 is 10.5 Å². The normalized spacial score (nSPS) is 16.0. The average Bonchev–Trinajstić information content (AvgIpc) is 3.30. The van der Waals surface area contributed by atoms with Crippen molar-refractivity contribution in [3.8, 4) is 5.75 Å². The first kappa shape index (κ1) is 21.0. The summed E-state index contributed by atoms with van der Waals surface area (Å²) in [6, 6.07) is 6.86. The first-order valence-corrected chi connectivity index (χ1v) is 10.0. The van der Waals surface area contributed by atoms with Gasteiger partial charge in [-0.05, 0) is 49.4 Å². The van der Waals surface area contributed by atoms with E-state index in [9.17, 15) is 4.79 Å². The van der Waals surface area contributed by atoms with Crippen molar-refractivity contribution >= 4 is 18.3 Å². The quantitative estimate of drug-likeness (QED) is 0.652. The predicted octanol–water partition coefficient (Wildman–Crippen LogP) is 4.22. The number of unbranched alkanes of at least 4 members (excludes halogenated alkanes) is 3. The van der Waals surface area contributed by atoms with Gasteiger partial charge in [-0.1, -0.05) is 37.8 Å². The third-order valence-corrected chi connectivity index (χ3v) is 5.54. The SMILES string of the molecule is Cl.NCCCCCCC(=O)N(Cc1ccc2c(c1)CCO2)C1CCCC1. The van der Waals surface area contributed by atoms with Crippen LogP contribution >= 0.6 is 12.4 Å². The third kappa shape index (κ3) is 5.62. The van der Waals surface area contributed by atoms with E-state index in [4.69, 9.17) is 10.5 Å². The van der Waals surface area contributed by atoms with E-state index in [1.807, 2.05) is 0 Å². The summed E-state index contributed by atoms with van der Waals surface area (Å²) in [5.41, 5.74) is 8.08. The number of hydrogen-bond acceptors (Lipinski definition) is 3. The number of carbonyl (C=O) groups is 1. The van der Waals surface area contributed by atoms with Gasteiger partial charge >= 0.3 is 0 Å². The number of hydrogen-bond donors (Lipinski definition) is 1. The van der Waals surface area contributed by atoms with Crippen molar-refractivity contribution in [3.05, 3.63) is 29.3 Å². The van der Waals surface area contributed by atoms with E-state index in [0.717, 1.165) is 70.4 Å². The minimum absolute atomic E-state index is 0. The van der Waals surface area contributed by atoms with Gasteiger partial charge in [-0.3, -0.25) is 4.79 Å². The molecule has 3 rings (SSSR count). The number of amides is 1. The molecule has 1 amide bonds. The van der Waals surface area contributed by atoms with E-state index in [0.29, 0.717) is 18.4 Å². The zero-order valence-corrected chi connectivity index (χ0v) is 16.6. The number of fused-ring (bicyclic) bond motifs is 1. The fourth-order valence-corrected chi connectivity index (χ4v) is 4.09. The molecule has 2 aliphatic rings. The molecule has 26 heavy (non-hydrogen) atoms.